The van der Waals surface area contributed by atoms with Crippen LogP contribution in [0.15, 0.2) is 0 Å². The van der Waals surface area contributed by atoms with E-state index in [1.54, 1.807) is 0 Å². The predicted molar refractivity (Wildman–Crippen MR) is 55.3 cm³/mol. The number of hydrogen-bond donors (Lipinski definition) is 2. The van der Waals surface area contributed by atoms with Gasteiger partial charge in [0, 0.05) is 6.04 Å². The molecule has 1 unspecified atom stereocenters. The van der Waals surface area contributed by atoms with E-state index < -0.39 is 0 Å². The van der Waals surface area contributed by atoms with E-state index in [1.165, 1.54) is 0 Å². The maximum absolute atomic E-state index is 11.5. The molecule has 0 bridgehead atoms. The Morgan fingerprint density at radius 3 is 2.23 bits per heavy atom. The van der Waals surface area contributed by atoms with E-state index in [1.807, 2.05) is 27.7 Å². The number of carbonyl (C=O) groups excluding carboxylic acids is 1. The first-order valence-corrected chi connectivity index (χ1v) is 5.08. The topological polar surface area (TPSA) is 55.1 Å². The lowest BCUT2D eigenvalue weighted by Crippen LogP contribution is -2.47. The van der Waals surface area contributed by atoms with Crippen LogP contribution in [0.25, 0.3) is 0 Å². The van der Waals surface area contributed by atoms with Gasteiger partial charge < -0.3 is 11.1 Å². The monoisotopic (exact) mass is 186 g/mol. The molecule has 0 heterocycles. The molecule has 0 spiro atoms. The molecule has 0 rings (SSSR count). The Morgan fingerprint density at radius 2 is 1.85 bits per heavy atom. The minimum Gasteiger partial charge on any atom is -0.352 e. The molecule has 78 valence electrons. The summed E-state index contributed by atoms with van der Waals surface area (Å²) in [6, 6.07) is -0.137. The van der Waals surface area contributed by atoms with Crippen molar-refractivity contribution in [2.24, 2.45) is 11.7 Å². The van der Waals surface area contributed by atoms with Gasteiger partial charge in [-0.05, 0) is 19.3 Å². The Morgan fingerprint density at radius 1 is 1.31 bits per heavy atom. The summed E-state index contributed by atoms with van der Waals surface area (Å²) in [6.45, 7) is 8.07. The van der Waals surface area contributed by atoms with Crippen LogP contribution < -0.4 is 11.1 Å². The molecule has 3 N–H and O–H groups in total. The summed E-state index contributed by atoms with van der Waals surface area (Å²) >= 11 is 0. The lowest BCUT2D eigenvalue weighted by atomic mass is 9.99. The molecular formula is C10H22N2O. The van der Waals surface area contributed by atoms with Crippen LogP contribution in [0, 0.1) is 5.92 Å². The fourth-order valence-corrected chi connectivity index (χ4v) is 0.953. The highest BCUT2D eigenvalue weighted by Gasteiger charge is 2.19. The highest BCUT2D eigenvalue weighted by molar-refractivity contribution is 5.81. The van der Waals surface area contributed by atoms with Crippen molar-refractivity contribution in [3.05, 3.63) is 0 Å². The Bertz CT molecular complexity index is 159. The molecule has 3 heteroatoms. The maximum Gasteiger partial charge on any atom is 0.237 e. The van der Waals surface area contributed by atoms with E-state index in [0.717, 1.165) is 12.8 Å². The Hall–Kier alpha value is -0.570. The highest BCUT2D eigenvalue weighted by Crippen LogP contribution is 2.05. The van der Waals surface area contributed by atoms with E-state index >= 15 is 0 Å². The standard InChI is InChI=1S/C10H22N2O/c1-5-7(3)9(11)10(13)12-8(4)6-2/h7-9H,5-6,11H2,1-4H3,(H,12,13)/t7-,8?,9-/m0/s1. The number of hydrogen-bond acceptors (Lipinski definition) is 2. The maximum atomic E-state index is 11.5. The van der Waals surface area contributed by atoms with Gasteiger partial charge in [0.15, 0.2) is 0 Å². The molecule has 0 radical (unpaired) electrons. The van der Waals surface area contributed by atoms with Crippen molar-refractivity contribution in [1.29, 1.82) is 0 Å². The summed E-state index contributed by atoms with van der Waals surface area (Å²) in [5, 5.41) is 2.88. The number of rotatable bonds is 5. The largest absolute Gasteiger partial charge is 0.352 e. The molecular weight excluding hydrogens is 164 g/mol. The van der Waals surface area contributed by atoms with Crippen LogP contribution in [0.5, 0.6) is 0 Å². The van der Waals surface area contributed by atoms with Crippen molar-refractivity contribution in [3.8, 4) is 0 Å². The zero-order valence-electron chi connectivity index (χ0n) is 9.13. The minimum absolute atomic E-state index is 0.0244. The van der Waals surface area contributed by atoms with Gasteiger partial charge in [-0.15, -0.1) is 0 Å². The number of amides is 1. The van der Waals surface area contributed by atoms with Crippen LogP contribution in [0.3, 0.4) is 0 Å². The average Bonchev–Trinajstić information content (AvgIpc) is 2.14. The van der Waals surface area contributed by atoms with Gasteiger partial charge in [-0.3, -0.25) is 4.79 Å². The van der Waals surface area contributed by atoms with Crippen LogP contribution in [0.4, 0.5) is 0 Å². The minimum atomic E-state index is -0.362. The van der Waals surface area contributed by atoms with E-state index in [2.05, 4.69) is 5.32 Å². The third kappa shape index (κ3) is 4.27. The molecule has 0 saturated heterocycles. The molecule has 3 atom stereocenters. The Kier molecular flexibility index (Phi) is 5.71. The third-order valence-electron chi connectivity index (χ3n) is 2.56. The van der Waals surface area contributed by atoms with E-state index in [4.69, 9.17) is 5.73 Å². The zero-order valence-corrected chi connectivity index (χ0v) is 9.13. The van der Waals surface area contributed by atoms with E-state index in [-0.39, 0.29) is 23.9 Å². The fraction of sp³-hybridized carbons (Fsp3) is 0.900. The number of nitrogens with one attached hydrogen (secondary N) is 1. The summed E-state index contributed by atoms with van der Waals surface area (Å²) in [4.78, 5) is 11.5. The predicted octanol–water partition coefficient (Wildman–Crippen LogP) is 1.27. The first-order chi connectivity index (χ1) is 6.02. The lowest BCUT2D eigenvalue weighted by molar-refractivity contribution is -0.124. The Balaban J connectivity index is 3.96. The quantitative estimate of drug-likeness (QED) is 0.679. The van der Waals surface area contributed by atoms with Gasteiger partial charge in [-0.1, -0.05) is 27.2 Å². The Labute approximate surface area is 81.1 Å². The van der Waals surface area contributed by atoms with Crippen molar-refractivity contribution >= 4 is 5.91 Å². The summed E-state index contributed by atoms with van der Waals surface area (Å²) in [5.74, 6) is 0.229. The van der Waals surface area contributed by atoms with Crippen molar-refractivity contribution in [2.75, 3.05) is 0 Å². The summed E-state index contributed by atoms with van der Waals surface area (Å²) < 4.78 is 0. The van der Waals surface area contributed by atoms with Crippen molar-refractivity contribution in [1.82, 2.24) is 5.32 Å². The number of nitrogens with two attached hydrogens (primary N) is 1. The van der Waals surface area contributed by atoms with Gasteiger partial charge in [-0.25, -0.2) is 0 Å². The molecule has 0 aliphatic rings. The smallest absolute Gasteiger partial charge is 0.237 e. The molecule has 0 aromatic heterocycles. The van der Waals surface area contributed by atoms with Crippen LogP contribution in [0.1, 0.15) is 40.5 Å². The van der Waals surface area contributed by atoms with Crippen LogP contribution in [0.2, 0.25) is 0 Å². The van der Waals surface area contributed by atoms with Crippen molar-refractivity contribution in [2.45, 2.75) is 52.6 Å². The summed E-state index contributed by atoms with van der Waals surface area (Å²) in [6.07, 6.45) is 1.88. The molecule has 0 aromatic carbocycles. The normalized spacial score (nSPS) is 17.6. The zero-order chi connectivity index (χ0) is 10.4. The van der Waals surface area contributed by atoms with Gasteiger partial charge in [0.05, 0.1) is 6.04 Å². The molecule has 1 amide bonds. The van der Waals surface area contributed by atoms with Crippen LogP contribution >= 0.6 is 0 Å². The molecule has 0 aliphatic carbocycles. The summed E-state index contributed by atoms with van der Waals surface area (Å²) in [7, 11) is 0. The second kappa shape index (κ2) is 5.97. The number of carbonyl (C=O) groups is 1. The van der Waals surface area contributed by atoms with Gasteiger partial charge in [0.1, 0.15) is 0 Å². The summed E-state index contributed by atoms with van der Waals surface area (Å²) in [5.41, 5.74) is 5.76. The average molecular weight is 186 g/mol. The molecule has 0 saturated carbocycles. The van der Waals surface area contributed by atoms with Crippen molar-refractivity contribution in [3.63, 3.8) is 0 Å². The van der Waals surface area contributed by atoms with Crippen molar-refractivity contribution < 1.29 is 4.79 Å². The van der Waals surface area contributed by atoms with Crippen LogP contribution in [-0.2, 0) is 4.79 Å². The van der Waals surface area contributed by atoms with E-state index in [0.29, 0.717) is 0 Å². The molecule has 0 aromatic rings. The van der Waals surface area contributed by atoms with Gasteiger partial charge in [0.25, 0.3) is 0 Å². The molecule has 0 aliphatic heterocycles. The molecule has 0 fully saturated rings. The van der Waals surface area contributed by atoms with Crippen LogP contribution in [-0.4, -0.2) is 18.0 Å². The fourth-order valence-electron chi connectivity index (χ4n) is 0.953. The first kappa shape index (κ1) is 12.4. The molecule has 13 heavy (non-hydrogen) atoms. The lowest BCUT2D eigenvalue weighted by Gasteiger charge is -2.20. The van der Waals surface area contributed by atoms with E-state index in [9.17, 15) is 4.79 Å². The second-order valence-electron chi connectivity index (χ2n) is 3.73. The van der Waals surface area contributed by atoms with Gasteiger partial charge in [0.2, 0.25) is 5.91 Å². The molecule has 3 nitrogen and oxygen atoms in total. The van der Waals surface area contributed by atoms with Gasteiger partial charge >= 0.3 is 0 Å². The van der Waals surface area contributed by atoms with Gasteiger partial charge in [-0.2, -0.15) is 0 Å². The first-order valence-electron chi connectivity index (χ1n) is 5.08. The highest BCUT2D eigenvalue weighted by atomic mass is 16.2. The third-order valence-corrected chi connectivity index (χ3v) is 2.56. The second-order valence-corrected chi connectivity index (χ2v) is 3.73. The SMILES string of the molecule is CCC(C)NC(=O)[C@@H](N)[C@@H](C)CC.